The molecule has 5 heteroatoms. The van der Waals surface area contributed by atoms with Crippen LogP contribution in [0.2, 0.25) is 0 Å². The van der Waals surface area contributed by atoms with Crippen molar-refractivity contribution < 1.29 is 23.7 Å². The minimum atomic E-state index is 0.136. The first-order chi connectivity index (χ1) is 22.1. The van der Waals surface area contributed by atoms with Gasteiger partial charge in [0.15, 0.2) is 0 Å². The van der Waals surface area contributed by atoms with Gasteiger partial charge in [0.1, 0.15) is 28.7 Å². The maximum Gasteiger partial charge on any atom is 0.118 e. The lowest BCUT2D eigenvalue weighted by Crippen LogP contribution is -2.14. The minimum absolute atomic E-state index is 0.136. The van der Waals surface area contributed by atoms with Crippen LogP contribution in [-0.4, -0.2) is 35.5 Å². The molecule has 0 atom stereocenters. The van der Waals surface area contributed by atoms with Crippen molar-refractivity contribution in [1.29, 1.82) is 0 Å². The van der Waals surface area contributed by atoms with E-state index in [1.54, 1.807) is 35.5 Å². The Hall–Kier alpha value is -4.90. The number of benzene rings is 5. The quantitative estimate of drug-likeness (QED) is 0.160. The van der Waals surface area contributed by atoms with Crippen LogP contribution in [0.15, 0.2) is 121 Å². The van der Waals surface area contributed by atoms with Crippen LogP contribution >= 0.6 is 0 Å². The molecule has 0 unspecified atom stereocenters. The largest absolute Gasteiger partial charge is 0.497 e. The Morgan fingerprint density at radius 3 is 0.489 bits per heavy atom. The zero-order valence-electron chi connectivity index (χ0n) is 26.5. The summed E-state index contributed by atoms with van der Waals surface area (Å²) in [6.07, 6.45) is 0. The van der Waals surface area contributed by atoms with Crippen molar-refractivity contribution >= 4 is 0 Å². The molecule has 0 radical (unpaired) electrons. The molecule has 1 aliphatic rings. The number of rotatable bonds is 10. The van der Waals surface area contributed by atoms with Gasteiger partial charge in [0.2, 0.25) is 0 Å². The minimum Gasteiger partial charge on any atom is -0.497 e. The molecule has 5 aromatic rings. The zero-order valence-corrected chi connectivity index (χ0v) is 26.5. The van der Waals surface area contributed by atoms with Gasteiger partial charge in [-0.3, -0.25) is 0 Å². The highest BCUT2D eigenvalue weighted by Gasteiger charge is 2.53. The fourth-order valence-corrected chi connectivity index (χ4v) is 7.32. The summed E-state index contributed by atoms with van der Waals surface area (Å²) in [5.74, 6) is 4.90. The molecule has 5 nitrogen and oxygen atoms in total. The van der Waals surface area contributed by atoms with E-state index in [0.29, 0.717) is 0 Å². The molecule has 1 aliphatic carbocycles. The second kappa shape index (κ2) is 13.4. The zero-order chi connectivity index (χ0) is 31.3. The Morgan fingerprint density at radius 1 is 0.244 bits per heavy atom. The number of hydrogen-bond donors (Lipinski definition) is 0. The fourth-order valence-electron chi connectivity index (χ4n) is 7.32. The smallest absolute Gasteiger partial charge is 0.118 e. The van der Waals surface area contributed by atoms with E-state index in [-0.39, 0.29) is 29.6 Å². The van der Waals surface area contributed by atoms with Crippen molar-refractivity contribution in [3.05, 3.63) is 149 Å². The van der Waals surface area contributed by atoms with Crippen LogP contribution in [0.4, 0.5) is 0 Å². The summed E-state index contributed by atoms with van der Waals surface area (Å²) >= 11 is 0. The van der Waals surface area contributed by atoms with Crippen molar-refractivity contribution in [2.75, 3.05) is 35.5 Å². The summed E-state index contributed by atoms with van der Waals surface area (Å²) in [5, 5.41) is 0. The van der Waals surface area contributed by atoms with E-state index in [2.05, 4.69) is 121 Å². The molecular formula is C40H40O5. The third-order valence-electron chi connectivity index (χ3n) is 9.44. The summed E-state index contributed by atoms with van der Waals surface area (Å²) in [6, 6.07) is 43.1. The average molecular weight is 601 g/mol. The summed E-state index contributed by atoms with van der Waals surface area (Å²) in [4.78, 5) is 0. The maximum absolute atomic E-state index is 5.58. The van der Waals surface area contributed by atoms with Crippen molar-refractivity contribution in [2.45, 2.75) is 29.6 Å². The van der Waals surface area contributed by atoms with E-state index in [1.807, 2.05) is 0 Å². The second-order valence-electron chi connectivity index (χ2n) is 11.5. The van der Waals surface area contributed by atoms with E-state index in [4.69, 9.17) is 23.7 Å². The first-order valence-electron chi connectivity index (χ1n) is 15.3. The van der Waals surface area contributed by atoms with E-state index in [1.165, 1.54) is 27.8 Å². The Kier molecular flexibility index (Phi) is 8.97. The average Bonchev–Trinajstić information content (AvgIpc) is 3.47. The topological polar surface area (TPSA) is 46.2 Å². The predicted molar refractivity (Wildman–Crippen MR) is 179 cm³/mol. The van der Waals surface area contributed by atoms with Gasteiger partial charge in [-0.2, -0.15) is 0 Å². The summed E-state index contributed by atoms with van der Waals surface area (Å²) < 4.78 is 27.9. The molecule has 0 N–H and O–H groups in total. The number of ether oxygens (including phenoxy) is 5. The van der Waals surface area contributed by atoms with Crippen LogP contribution in [0.25, 0.3) is 0 Å². The highest BCUT2D eigenvalue weighted by Crippen LogP contribution is 2.67. The Balaban J connectivity index is 1.64. The Bertz CT molecular complexity index is 1350. The highest BCUT2D eigenvalue weighted by atomic mass is 16.5. The van der Waals surface area contributed by atoms with Crippen LogP contribution in [-0.2, 0) is 0 Å². The molecule has 0 aromatic heterocycles. The van der Waals surface area contributed by atoms with Crippen LogP contribution < -0.4 is 23.7 Å². The van der Waals surface area contributed by atoms with Gasteiger partial charge in [-0.05, 0) is 118 Å². The van der Waals surface area contributed by atoms with Crippen LogP contribution in [0.5, 0.6) is 28.7 Å². The van der Waals surface area contributed by atoms with Crippen molar-refractivity contribution in [3.8, 4) is 28.7 Å². The molecule has 1 saturated carbocycles. The van der Waals surface area contributed by atoms with Gasteiger partial charge in [0.05, 0.1) is 35.5 Å². The van der Waals surface area contributed by atoms with E-state index in [0.717, 1.165) is 28.7 Å². The van der Waals surface area contributed by atoms with Crippen LogP contribution in [0.1, 0.15) is 57.4 Å². The molecule has 1 fully saturated rings. The first kappa shape index (κ1) is 30.1. The molecule has 6 rings (SSSR count). The van der Waals surface area contributed by atoms with Crippen LogP contribution in [0, 0.1) is 0 Å². The molecule has 0 spiro atoms. The van der Waals surface area contributed by atoms with Crippen molar-refractivity contribution in [2.24, 2.45) is 0 Å². The highest BCUT2D eigenvalue weighted by molar-refractivity contribution is 5.51. The first-order valence-corrected chi connectivity index (χ1v) is 15.3. The Morgan fingerprint density at radius 2 is 0.378 bits per heavy atom. The third-order valence-corrected chi connectivity index (χ3v) is 9.44. The summed E-state index contributed by atoms with van der Waals surface area (Å²) in [7, 11) is 8.56. The lowest BCUT2D eigenvalue weighted by molar-refractivity contribution is 0.413. The van der Waals surface area contributed by atoms with Gasteiger partial charge in [0, 0.05) is 0 Å². The summed E-state index contributed by atoms with van der Waals surface area (Å²) in [5.41, 5.74) is 6.35. The molecule has 5 aromatic carbocycles. The Labute approximate surface area is 266 Å². The van der Waals surface area contributed by atoms with Crippen LogP contribution in [0.3, 0.4) is 0 Å². The fraction of sp³-hybridized carbons (Fsp3) is 0.250. The van der Waals surface area contributed by atoms with E-state index < -0.39 is 0 Å². The van der Waals surface area contributed by atoms with Gasteiger partial charge in [-0.1, -0.05) is 60.7 Å². The van der Waals surface area contributed by atoms with Crippen molar-refractivity contribution in [1.82, 2.24) is 0 Å². The lowest BCUT2D eigenvalue weighted by atomic mass is 9.75. The van der Waals surface area contributed by atoms with Gasteiger partial charge in [-0.15, -0.1) is 0 Å². The van der Waals surface area contributed by atoms with Crippen molar-refractivity contribution in [3.63, 3.8) is 0 Å². The van der Waals surface area contributed by atoms with Gasteiger partial charge >= 0.3 is 0 Å². The molecule has 0 heterocycles. The molecular weight excluding hydrogens is 560 g/mol. The van der Waals surface area contributed by atoms with Gasteiger partial charge < -0.3 is 23.7 Å². The molecule has 0 bridgehead atoms. The maximum atomic E-state index is 5.58. The third kappa shape index (κ3) is 5.95. The molecule has 0 amide bonds. The molecule has 45 heavy (non-hydrogen) atoms. The number of methoxy groups -OCH3 is 5. The lowest BCUT2D eigenvalue weighted by Gasteiger charge is -2.29. The predicted octanol–water partition coefficient (Wildman–Crippen LogP) is 8.96. The number of hydrogen-bond acceptors (Lipinski definition) is 5. The second-order valence-corrected chi connectivity index (χ2v) is 11.5. The monoisotopic (exact) mass is 600 g/mol. The van der Waals surface area contributed by atoms with E-state index in [9.17, 15) is 0 Å². The SMILES string of the molecule is COc1ccc(C2C(c3ccc(OC)cc3)C(c3ccc(OC)cc3)C(c3ccc(OC)cc3)C2c2ccc(OC)cc2)cc1. The summed E-state index contributed by atoms with van der Waals surface area (Å²) in [6.45, 7) is 0. The standard InChI is InChI=1S/C40H40O5/c1-41-31-16-6-26(7-17-31)36-37(27-8-18-32(42-2)19-9-27)39(29-12-22-34(44-4)23-13-29)40(30-14-24-35(45-5)25-15-30)38(36)28-10-20-33(43-3)21-11-28/h6-25,36-40H,1-5H3. The molecule has 0 saturated heterocycles. The van der Waals surface area contributed by atoms with Gasteiger partial charge in [0.25, 0.3) is 0 Å². The normalized spacial score (nSPS) is 20.8. The van der Waals surface area contributed by atoms with E-state index >= 15 is 0 Å². The van der Waals surface area contributed by atoms with Gasteiger partial charge in [-0.25, -0.2) is 0 Å². The molecule has 0 aliphatic heterocycles. The molecule has 230 valence electrons.